The van der Waals surface area contributed by atoms with Gasteiger partial charge in [0.25, 0.3) is 0 Å². The molecule has 1 atom stereocenters. The van der Waals surface area contributed by atoms with Gasteiger partial charge in [-0.2, -0.15) is 0 Å². The van der Waals surface area contributed by atoms with Gasteiger partial charge in [0.2, 0.25) is 0 Å². The number of hydrogen-bond donors (Lipinski definition) is 0. The molecule has 9 aromatic carbocycles. The van der Waals surface area contributed by atoms with Crippen LogP contribution in [0.3, 0.4) is 0 Å². The zero-order valence-electron chi connectivity index (χ0n) is 44.9. The van der Waals surface area contributed by atoms with Crippen molar-refractivity contribution in [1.29, 1.82) is 0 Å². The Labute approximate surface area is 446 Å². The van der Waals surface area contributed by atoms with Crippen LogP contribution in [0.4, 0.5) is 34.1 Å². The molecule has 75 heavy (non-hydrogen) atoms. The quantitative estimate of drug-likeness (QED) is 0.127. The van der Waals surface area contributed by atoms with Crippen LogP contribution in [0, 0.1) is 27.7 Å². The van der Waals surface area contributed by atoms with Gasteiger partial charge >= 0.3 is 0 Å². The predicted molar refractivity (Wildman–Crippen MR) is 322 cm³/mol. The first-order chi connectivity index (χ1) is 36.5. The maximum absolute atomic E-state index is 4.48. The Morgan fingerprint density at radius 1 is 0.453 bits per heavy atom. The van der Waals surface area contributed by atoms with E-state index in [1.807, 2.05) is 0 Å². The molecule has 0 heterocycles. The summed E-state index contributed by atoms with van der Waals surface area (Å²) in [5, 5.41) is 2.39. The SMILES string of the molecule is C=CC1=C(/C=C\C)C2(CCCCC2)c2ccc(N(c3cc(C)cc(C)c3)c3cc(-c4ccccc4)c4cc(N(c5cc(C)cc(C)c5)c5ccc6c(c5)-c5ccccc5C6(C)CC)cc(-c5ccccc5)c4c3)cc21. The summed E-state index contributed by atoms with van der Waals surface area (Å²) in [4.78, 5) is 5.03. The summed E-state index contributed by atoms with van der Waals surface area (Å²) in [6, 6.07) is 69.5. The van der Waals surface area contributed by atoms with Gasteiger partial charge in [0.05, 0.1) is 0 Å². The van der Waals surface area contributed by atoms with Gasteiger partial charge in [0.15, 0.2) is 0 Å². The lowest BCUT2D eigenvalue weighted by Gasteiger charge is -2.37. The fraction of sp³-hybridized carbons (Fsp3) is 0.205. The summed E-state index contributed by atoms with van der Waals surface area (Å²) in [7, 11) is 0. The normalized spacial score (nSPS) is 16.4. The average Bonchev–Trinajstić information content (AvgIpc) is 3.84. The van der Waals surface area contributed by atoms with E-state index in [0.717, 1.165) is 40.5 Å². The van der Waals surface area contributed by atoms with Crippen molar-refractivity contribution >= 4 is 50.5 Å². The molecule has 9 aromatic rings. The minimum Gasteiger partial charge on any atom is -0.310 e. The van der Waals surface area contributed by atoms with Gasteiger partial charge in [-0.25, -0.2) is 0 Å². The summed E-state index contributed by atoms with van der Waals surface area (Å²) >= 11 is 0. The fourth-order valence-corrected chi connectivity index (χ4v) is 13.7. The van der Waals surface area contributed by atoms with Gasteiger partial charge in [-0.05, 0) is 226 Å². The smallest absolute Gasteiger partial charge is 0.0474 e. The zero-order valence-corrected chi connectivity index (χ0v) is 44.9. The number of rotatable bonds is 11. The van der Waals surface area contributed by atoms with Crippen molar-refractivity contribution < 1.29 is 0 Å². The third-order valence-electron chi connectivity index (χ3n) is 17.1. The van der Waals surface area contributed by atoms with Gasteiger partial charge in [0.1, 0.15) is 0 Å². The number of nitrogens with zero attached hydrogens (tertiary/aromatic N) is 2. The minimum atomic E-state index is -0.0523. The van der Waals surface area contributed by atoms with E-state index in [-0.39, 0.29) is 10.8 Å². The minimum absolute atomic E-state index is 0.0179. The van der Waals surface area contributed by atoms with Crippen LogP contribution in [0.15, 0.2) is 212 Å². The van der Waals surface area contributed by atoms with Crippen LogP contribution < -0.4 is 9.80 Å². The highest BCUT2D eigenvalue weighted by Crippen LogP contribution is 2.57. The van der Waals surface area contributed by atoms with Crippen molar-refractivity contribution in [1.82, 2.24) is 0 Å². The van der Waals surface area contributed by atoms with E-state index < -0.39 is 0 Å². The van der Waals surface area contributed by atoms with Crippen molar-refractivity contribution in [2.24, 2.45) is 0 Å². The highest BCUT2D eigenvalue weighted by atomic mass is 15.1. The highest BCUT2D eigenvalue weighted by Gasteiger charge is 2.44. The largest absolute Gasteiger partial charge is 0.310 e. The second kappa shape index (κ2) is 19.1. The molecule has 0 bridgehead atoms. The second-order valence-corrected chi connectivity index (χ2v) is 22.0. The number of allylic oxidation sites excluding steroid dienone is 5. The predicted octanol–water partition coefficient (Wildman–Crippen LogP) is 20.8. The maximum Gasteiger partial charge on any atom is 0.0474 e. The van der Waals surface area contributed by atoms with E-state index in [4.69, 9.17) is 0 Å². The van der Waals surface area contributed by atoms with E-state index in [0.29, 0.717) is 0 Å². The number of aryl methyl sites for hydroxylation is 4. The number of anilines is 6. The Morgan fingerprint density at radius 3 is 1.41 bits per heavy atom. The first-order valence-corrected chi connectivity index (χ1v) is 27.4. The number of hydrogen-bond acceptors (Lipinski definition) is 2. The van der Waals surface area contributed by atoms with E-state index in [1.54, 1.807) is 0 Å². The van der Waals surface area contributed by atoms with Gasteiger partial charge in [-0.15, -0.1) is 0 Å². The third kappa shape index (κ3) is 8.09. The monoisotopic (exact) mass is 973 g/mol. The second-order valence-electron chi connectivity index (χ2n) is 22.0. The lowest BCUT2D eigenvalue weighted by molar-refractivity contribution is 0.350. The number of benzene rings is 9. The Balaban J connectivity index is 1.14. The third-order valence-corrected chi connectivity index (χ3v) is 17.1. The summed E-state index contributed by atoms with van der Waals surface area (Å²) in [5.74, 6) is 0. The molecule has 12 rings (SSSR count). The molecule has 1 fully saturated rings. The molecule has 0 aliphatic heterocycles. The fourth-order valence-electron chi connectivity index (χ4n) is 13.7. The van der Waals surface area contributed by atoms with Crippen LogP contribution in [0.5, 0.6) is 0 Å². The lowest BCUT2D eigenvalue weighted by atomic mass is 9.67. The standard InChI is InChI=1S/C73H68N2/c1-9-23-70-60(10-2)66-42-55(31-33-71(66)73(70)34-21-14-22-35-73)75(57-40-50(6)37-51(7)41-57)59-45-63(53-26-17-13-18-27-53)64-46-58(44-62(65(64)47-59)52-24-15-12-16-25-52)74(56-38-48(4)36-49(5)39-56)54-30-32-69-67(43-54)61-28-19-20-29-68(61)72(69,8)11-3/h9-10,12-13,15-20,23-33,36-47H,2,11,14,21-22,34-35H2,1,3-8H3/b23-9-. The molecular weight excluding hydrogens is 905 g/mol. The molecule has 3 aliphatic carbocycles. The molecule has 2 nitrogen and oxygen atoms in total. The summed E-state index contributed by atoms with van der Waals surface area (Å²) in [6.45, 7) is 20.3. The highest BCUT2D eigenvalue weighted by molar-refractivity contribution is 6.10. The topological polar surface area (TPSA) is 6.48 Å². The summed E-state index contributed by atoms with van der Waals surface area (Å²) < 4.78 is 0. The molecule has 1 unspecified atom stereocenters. The van der Waals surface area contributed by atoms with Gasteiger partial charge in [-0.3, -0.25) is 0 Å². The van der Waals surface area contributed by atoms with E-state index in [2.05, 4.69) is 265 Å². The van der Waals surface area contributed by atoms with Gasteiger partial charge in [0, 0.05) is 45.0 Å². The van der Waals surface area contributed by atoms with Crippen LogP contribution in [0.1, 0.15) is 104 Å². The average molecular weight is 973 g/mol. The Morgan fingerprint density at radius 2 is 0.907 bits per heavy atom. The maximum atomic E-state index is 4.48. The molecule has 0 N–H and O–H groups in total. The molecule has 1 spiro atoms. The first kappa shape index (κ1) is 48.0. The van der Waals surface area contributed by atoms with Gasteiger partial charge < -0.3 is 9.80 Å². The molecule has 0 aromatic heterocycles. The van der Waals surface area contributed by atoms with Crippen LogP contribution in [0.2, 0.25) is 0 Å². The molecule has 1 saturated carbocycles. The number of fused-ring (bicyclic) bond motifs is 6. The van der Waals surface area contributed by atoms with Crippen LogP contribution in [-0.4, -0.2) is 0 Å². The Bertz CT molecular complexity index is 3730. The first-order valence-electron chi connectivity index (χ1n) is 27.4. The van der Waals surface area contributed by atoms with Crippen LogP contribution >= 0.6 is 0 Å². The van der Waals surface area contributed by atoms with Crippen molar-refractivity contribution in [2.45, 2.75) is 97.8 Å². The molecule has 0 saturated heterocycles. The van der Waals surface area contributed by atoms with Crippen molar-refractivity contribution in [3.8, 4) is 33.4 Å². The van der Waals surface area contributed by atoms with E-state index >= 15 is 0 Å². The van der Waals surface area contributed by atoms with Crippen LogP contribution in [-0.2, 0) is 10.8 Å². The van der Waals surface area contributed by atoms with Crippen molar-refractivity contribution in [3.05, 3.63) is 257 Å². The Kier molecular flexibility index (Phi) is 12.2. The molecule has 2 heteroatoms. The van der Waals surface area contributed by atoms with Crippen molar-refractivity contribution in [2.75, 3.05) is 9.80 Å². The Hall–Kier alpha value is -7.94. The molecule has 370 valence electrons. The molecule has 0 amide bonds. The zero-order chi connectivity index (χ0) is 51.6. The van der Waals surface area contributed by atoms with E-state index in [9.17, 15) is 0 Å². The summed E-state index contributed by atoms with van der Waals surface area (Å²) in [6.07, 6.45) is 13.9. The van der Waals surface area contributed by atoms with E-state index in [1.165, 1.54) is 132 Å². The lowest BCUT2D eigenvalue weighted by Crippen LogP contribution is -2.28. The molecular formula is C73H68N2. The summed E-state index contributed by atoms with van der Waals surface area (Å²) in [5.41, 5.74) is 27.4. The molecule has 0 radical (unpaired) electrons. The van der Waals surface area contributed by atoms with Crippen molar-refractivity contribution in [3.63, 3.8) is 0 Å². The van der Waals surface area contributed by atoms with Crippen LogP contribution in [0.25, 0.3) is 49.7 Å². The van der Waals surface area contributed by atoms with Gasteiger partial charge in [-0.1, -0.05) is 167 Å². The molecule has 3 aliphatic rings.